The van der Waals surface area contributed by atoms with Gasteiger partial charge >= 0.3 is 0 Å². The molecule has 3 nitrogen and oxygen atoms in total. The van der Waals surface area contributed by atoms with E-state index in [-0.39, 0.29) is 0 Å². The number of hydrogen-bond acceptors (Lipinski definition) is 3. The summed E-state index contributed by atoms with van der Waals surface area (Å²) < 4.78 is 5.07. The van der Waals surface area contributed by atoms with Gasteiger partial charge in [0.05, 0.1) is 0 Å². The topological polar surface area (TPSA) is 38.9 Å². The molecule has 2 rings (SSSR count). The van der Waals surface area contributed by atoms with Crippen molar-refractivity contribution in [2.75, 3.05) is 5.88 Å². The molecule has 0 fully saturated rings. The highest BCUT2D eigenvalue weighted by Gasteiger charge is 2.07. The van der Waals surface area contributed by atoms with Gasteiger partial charge in [0.2, 0.25) is 11.7 Å². The maximum Gasteiger partial charge on any atom is 0.228 e. The van der Waals surface area contributed by atoms with E-state index in [4.69, 9.17) is 16.1 Å². The predicted octanol–water partition coefficient (Wildman–Crippen LogP) is 3.08. The van der Waals surface area contributed by atoms with Crippen molar-refractivity contribution in [1.29, 1.82) is 0 Å². The van der Waals surface area contributed by atoms with Crippen LogP contribution >= 0.6 is 11.6 Å². The summed E-state index contributed by atoms with van der Waals surface area (Å²) in [6.07, 6.45) is 1.64. The van der Waals surface area contributed by atoms with Crippen LogP contribution in [0.3, 0.4) is 0 Å². The largest absolute Gasteiger partial charge is 0.339 e. The van der Waals surface area contributed by atoms with E-state index in [2.05, 4.69) is 29.2 Å². The van der Waals surface area contributed by atoms with Crippen LogP contribution in [-0.2, 0) is 12.8 Å². The standard InChI is InChI=1S/C12H13ClN2O/c1-2-9-3-5-10(6-4-9)12-14-11(7-8-13)16-15-12/h3-6H,2,7-8H2,1H3. The lowest BCUT2D eigenvalue weighted by atomic mass is 10.1. The molecule has 0 aliphatic carbocycles. The summed E-state index contributed by atoms with van der Waals surface area (Å²) in [5.41, 5.74) is 2.27. The van der Waals surface area contributed by atoms with E-state index in [1.165, 1.54) is 5.56 Å². The second-order valence-electron chi connectivity index (χ2n) is 3.50. The van der Waals surface area contributed by atoms with Crippen molar-refractivity contribution in [3.05, 3.63) is 35.7 Å². The zero-order valence-corrected chi connectivity index (χ0v) is 9.87. The molecule has 0 bridgehead atoms. The van der Waals surface area contributed by atoms with Crippen LogP contribution in [0.4, 0.5) is 0 Å². The van der Waals surface area contributed by atoms with Gasteiger partial charge in [-0.1, -0.05) is 36.3 Å². The molecule has 1 aromatic heterocycles. The van der Waals surface area contributed by atoms with E-state index in [1.54, 1.807) is 0 Å². The highest BCUT2D eigenvalue weighted by Crippen LogP contribution is 2.17. The molecule has 84 valence electrons. The summed E-state index contributed by atoms with van der Waals surface area (Å²) in [7, 11) is 0. The molecule has 0 aliphatic heterocycles. The van der Waals surface area contributed by atoms with Crippen LogP contribution in [0.15, 0.2) is 28.8 Å². The van der Waals surface area contributed by atoms with Crippen molar-refractivity contribution in [1.82, 2.24) is 10.1 Å². The fourth-order valence-electron chi connectivity index (χ4n) is 1.44. The molecular weight excluding hydrogens is 224 g/mol. The van der Waals surface area contributed by atoms with Crippen LogP contribution in [0.2, 0.25) is 0 Å². The van der Waals surface area contributed by atoms with Gasteiger partial charge in [0.1, 0.15) is 0 Å². The number of benzene rings is 1. The van der Waals surface area contributed by atoms with Gasteiger partial charge in [-0.3, -0.25) is 0 Å². The Hall–Kier alpha value is -1.35. The second-order valence-corrected chi connectivity index (χ2v) is 3.88. The van der Waals surface area contributed by atoms with E-state index in [1.807, 2.05) is 12.1 Å². The molecule has 0 aliphatic rings. The first-order valence-corrected chi connectivity index (χ1v) is 5.84. The van der Waals surface area contributed by atoms with Crippen molar-refractivity contribution in [3.8, 4) is 11.4 Å². The summed E-state index contributed by atoms with van der Waals surface area (Å²) >= 11 is 5.60. The van der Waals surface area contributed by atoms with Crippen molar-refractivity contribution in [3.63, 3.8) is 0 Å². The summed E-state index contributed by atoms with van der Waals surface area (Å²) in [6, 6.07) is 8.17. The third-order valence-corrected chi connectivity index (χ3v) is 2.59. The van der Waals surface area contributed by atoms with E-state index >= 15 is 0 Å². The zero-order chi connectivity index (χ0) is 11.4. The van der Waals surface area contributed by atoms with Gasteiger partial charge in [-0.15, -0.1) is 11.6 Å². The summed E-state index contributed by atoms with van der Waals surface area (Å²) in [5, 5.41) is 3.92. The lowest BCUT2D eigenvalue weighted by Gasteiger charge is -1.97. The molecular formula is C12H13ClN2O. The van der Waals surface area contributed by atoms with Crippen LogP contribution in [0.1, 0.15) is 18.4 Å². The Balaban J connectivity index is 2.21. The molecule has 0 amide bonds. The number of nitrogens with zero attached hydrogens (tertiary/aromatic N) is 2. The van der Waals surface area contributed by atoms with Gasteiger partial charge in [0.25, 0.3) is 0 Å². The SMILES string of the molecule is CCc1ccc(-c2noc(CCCl)n2)cc1. The number of hydrogen-bond donors (Lipinski definition) is 0. The highest BCUT2D eigenvalue weighted by atomic mass is 35.5. The fraction of sp³-hybridized carbons (Fsp3) is 0.333. The lowest BCUT2D eigenvalue weighted by Crippen LogP contribution is -1.86. The smallest absolute Gasteiger partial charge is 0.228 e. The van der Waals surface area contributed by atoms with Gasteiger partial charge in [0.15, 0.2) is 0 Å². The minimum atomic E-state index is 0.496. The minimum absolute atomic E-state index is 0.496. The molecule has 0 radical (unpaired) electrons. The first kappa shape index (κ1) is 11.1. The van der Waals surface area contributed by atoms with Crippen molar-refractivity contribution >= 4 is 11.6 Å². The average molecular weight is 237 g/mol. The van der Waals surface area contributed by atoms with Gasteiger partial charge < -0.3 is 4.52 Å². The fourth-order valence-corrected chi connectivity index (χ4v) is 1.61. The molecule has 4 heteroatoms. The Morgan fingerprint density at radius 3 is 2.62 bits per heavy atom. The Kier molecular flexibility index (Phi) is 3.57. The monoisotopic (exact) mass is 236 g/mol. The normalized spacial score (nSPS) is 10.6. The molecule has 0 N–H and O–H groups in total. The molecule has 16 heavy (non-hydrogen) atoms. The van der Waals surface area contributed by atoms with Crippen LogP contribution in [-0.4, -0.2) is 16.0 Å². The van der Waals surface area contributed by atoms with Gasteiger partial charge in [-0.05, 0) is 12.0 Å². The molecule has 0 unspecified atom stereocenters. The third-order valence-electron chi connectivity index (χ3n) is 2.40. The molecule has 1 aromatic carbocycles. The first-order chi connectivity index (χ1) is 7.83. The van der Waals surface area contributed by atoms with Crippen LogP contribution in [0.25, 0.3) is 11.4 Å². The molecule has 0 saturated carbocycles. The highest BCUT2D eigenvalue weighted by molar-refractivity contribution is 6.17. The van der Waals surface area contributed by atoms with Crippen LogP contribution in [0, 0.1) is 0 Å². The van der Waals surface area contributed by atoms with Crippen molar-refractivity contribution < 1.29 is 4.52 Å². The van der Waals surface area contributed by atoms with Crippen LogP contribution < -0.4 is 0 Å². The molecule has 1 heterocycles. The second kappa shape index (κ2) is 5.12. The first-order valence-electron chi connectivity index (χ1n) is 5.31. The number of aryl methyl sites for hydroxylation is 2. The maximum atomic E-state index is 5.60. The maximum absolute atomic E-state index is 5.60. The minimum Gasteiger partial charge on any atom is -0.339 e. The van der Waals surface area contributed by atoms with Crippen molar-refractivity contribution in [2.24, 2.45) is 0 Å². The Morgan fingerprint density at radius 2 is 2.00 bits per heavy atom. The predicted molar refractivity (Wildman–Crippen MR) is 63.5 cm³/mol. The molecule has 0 atom stereocenters. The summed E-state index contributed by atoms with van der Waals surface area (Å²) in [4.78, 5) is 4.26. The third kappa shape index (κ3) is 2.42. The Labute approximate surface area is 99.4 Å². The Bertz CT molecular complexity index is 450. The zero-order valence-electron chi connectivity index (χ0n) is 9.11. The molecule has 2 aromatic rings. The van der Waals surface area contributed by atoms with E-state index in [0.717, 1.165) is 12.0 Å². The number of halogens is 1. The lowest BCUT2D eigenvalue weighted by molar-refractivity contribution is 0.383. The van der Waals surface area contributed by atoms with Gasteiger partial charge in [-0.25, -0.2) is 0 Å². The average Bonchev–Trinajstić information content (AvgIpc) is 2.78. The number of aromatic nitrogens is 2. The van der Waals surface area contributed by atoms with Crippen molar-refractivity contribution in [2.45, 2.75) is 19.8 Å². The van der Waals surface area contributed by atoms with Crippen LogP contribution in [0.5, 0.6) is 0 Å². The molecule has 0 spiro atoms. The van der Waals surface area contributed by atoms with Gasteiger partial charge in [0, 0.05) is 17.9 Å². The summed E-state index contributed by atoms with van der Waals surface area (Å²) in [5.74, 6) is 1.71. The van der Waals surface area contributed by atoms with E-state index in [0.29, 0.717) is 24.0 Å². The number of rotatable bonds is 4. The molecule has 0 saturated heterocycles. The van der Waals surface area contributed by atoms with Gasteiger partial charge in [-0.2, -0.15) is 4.98 Å². The quantitative estimate of drug-likeness (QED) is 0.766. The number of alkyl halides is 1. The summed E-state index contributed by atoms with van der Waals surface area (Å²) in [6.45, 7) is 2.13. The van der Waals surface area contributed by atoms with E-state index < -0.39 is 0 Å². The van der Waals surface area contributed by atoms with E-state index in [9.17, 15) is 0 Å². The Morgan fingerprint density at radius 1 is 1.25 bits per heavy atom.